The number of likely N-dealkylation sites (N-methyl/N-ethyl adjacent to an activating group) is 1. The summed E-state index contributed by atoms with van der Waals surface area (Å²) in [6, 6.07) is 1.05. The van der Waals surface area contributed by atoms with Crippen LogP contribution < -0.4 is 5.32 Å². The third-order valence-corrected chi connectivity index (χ3v) is 1.05. The van der Waals surface area contributed by atoms with Gasteiger partial charge in [-0.3, -0.25) is 0 Å². The van der Waals surface area contributed by atoms with E-state index in [0.29, 0.717) is 0 Å². The minimum Gasteiger partial charge on any atom is -0.369 e. The van der Waals surface area contributed by atoms with Gasteiger partial charge in [0, 0.05) is 0 Å². The van der Waals surface area contributed by atoms with Gasteiger partial charge in [0.1, 0.15) is 12.6 Å². The smallest absolute Gasteiger partial charge is 0.369 e. The largest absolute Gasteiger partial charge is 0.411 e. The Kier molecular flexibility index (Phi) is 4.62. The Labute approximate surface area is 68.1 Å². The van der Waals surface area contributed by atoms with Crippen molar-refractivity contribution in [3.8, 4) is 6.07 Å². The number of hydrogen-bond donors (Lipinski definition) is 1. The molecule has 0 bridgehead atoms. The van der Waals surface area contributed by atoms with Gasteiger partial charge in [0.05, 0.1) is 12.7 Å². The second kappa shape index (κ2) is 4.95. The van der Waals surface area contributed by atoms with Crippen LogP contribution in [0.3, 0.4) is 0 Å². The van der Waals surface area contributed by atoms with Crippen molar-refractivity contribution in [2.75, 3.05) is 20.3 Å². The molecule has 0 aromatic heterocycles. The average Bonchev–Trinajstić information content (AvgIpc) is 1.96. The van der Waals surface area contributed by atoms with E-state index in [0.717, 1.165) is 0 Å². The predicted molar refractivity (Wildman–Crippen MR) is 35.3 cm³/mol. The zero-order chi connectivity index (χ0) is 9.61. The van der Waals surface area contributed by atoms with Crippen molar-refractivity contribution < 1.29 is 17.9 Å². The van der Waals surface area contributed by atoms with Gasteiger partial charge in [-0.05, 0) is 7.05 Å². The van der Waals surface area contributed by atoms with Crippen LogP contribution in [0.4, 0.5) is 13.2 Å². The molecule has 12 heavy (non-hydrogen) atoms. The molecule has 0 aliphatic heterocycles. The Hall–Kier alpha value is -0.800. The van der Waals surface area contributed by atoms with Crippen LogP contribution in [-0.2, 0) is 4.74 Å². The van der Waals surface area contributed by atoms with Crippen LogP contribution in [0.15, 0.2) is 0 Å². The molecule has 0 amide bonds. The maximum Gasteiger partial charge on any atom is 0.411 e. The molecule has 0 saturated heterocycles. The van der Waals surface area contributed by atoms with Crippen molar-refractivity contribution >= 4 is 0 Å². The fourth-order valence-corrected chi connectivity index (χ4v) is 0.478. The van der Waals surface area contributed by atoms with E-state index >= 15 is 0 Å². The molecule has 0 rings (SSSR count). The minimum atomic E-state index is -4.33. The van der Waals surface area contributed by atoms with Crippen LogP contribution in [0, 0.1) is 11.3 Å². The van der Waals surface area contributed by atoms with Crippen molar-refractivity contribution in [3.63, 3.8) is 0 Å². The molecule has 1 unspecified atom stereocenters. The van der Waals surface area contributed by atoms with Gasteiger partial charge in [0.2, 0.25) is 0 Å². The molecule has 0 aliphatic carbocycles. The van der Waals surface area contributed by atoms with Gasteiger partial charge in [0.15, 0.2) is 0 Å². The Morgan fingerprint density at radius 3 is 2.50 bits per heavy atom. The summed E-state index contributed by atoms with van der Waals surface area (Å²) in [6.45, 7) is -1.57. The molecule has 0 aromatic rings. The SMILES string of the molecule is CNC(C#N)COCC(F)(F)F. The molecule has 1 atom stereocenters. The summed E-state index contributed by atoms with van der Waals surface area (Å²) in [6.07, 6.45) is -4.33. The number of rotatable bonds is 4. The molecule has 1 N–H and O–H groups in total. The van der Waals surface area contributed by atoms with E-state index in [9.17, 15) is 13.2 Å². The quantitative estimate of drug-likeness (QED) is 0.695. The first-order chi connectivity index (χ1) is 5.49. The number of nitriles is 1. The van der Waals surface area contributed by atoms with Crippen LogP contribution in [0.1, 0.15) is 0 Å². The van der Waals surface area contributed by atoms with Crippen LogP contribution in [0.5, 0.6) is 0 Å². The first-order valence-corrected chi connectivity index (χ1v) is 3.21. The third kappa shape index (κ3) is 5.95. The van der Waals surface area contributed by atoms with Crippen molar-refractivity contribution in [2.45, 2.75) is 12.2 Å². The summed E-state index contributed by atoms with van der Waals surface area (Å²) in [5.74, 6) is 0. The number of nitrogens with zero attached hydrogens (tertiary/aromatic N) is 1. The number of ether oxygens (including phenoxy) is 1. The monoisotopic (exact) mass is 182 g/mol. The summed E-state index contributed by atoms with van der Waals surface area (Å²) in [7, 11) is 1.48. The van der Waals surface area contributed by atoms with Gasteiger partial charge >= 0.3 is 6.18 Å². The molecular formula is C6H9F3N2O. The number of halogens is 3. The predicted octanol–water partition coefficient (Wildman–Crippen LogP) is 0.677. The summed E-state index contributed by atoms with van der Waals surface area (Å²) in [4.78, 5) is 0. The van der Waals surface area contributed by atoms with Crippen LogP contribution in [0.25, 0.3) is 0 Å². The van der Waals surface area contributed by atoms with Gasteiger partial charge in [-0.25, -0.2) is 0 Å². The molecule has 0 heterocycles. The number of nitrogens with one attached hydrogen (secondary N) is 1. The molecule has 0 radical (unpaired) electrons. The van der Waals surface area contributed by atoms with E-state index in [1.165, 1.54) is 7.05 Å². The fourth-order valence-electron chi connectivity index (χ4n) is 0.478. The first kappa shape index (κ1) is 11.2. The molecule has 0 fully saturated rings. The van der Waals surface area contributed by atoms with E-state index in [1.54, 1.807) is 6.07 Å². The molecule has 3 nitrogen and oxygen atoms in total. The lowest BCUT2D eigenvalue weighted by atomic mass is 10.4. The molecule has 6 heteroatoms. The van der Waals surface area contributed by atoms with Crippen molar-refractivity contribution in [2.24, 2.45) is 0 Å². The third-order valence-electron chi connectivity index (χ3n) is 1.05. The number of alkyl halides is 3. The highest BCUT2D eigenvalue weighted by atomic mass is 19.4. The average molecular weight is 182 g/mol. The lowest BCUT2D eigenvalue weighted by molar-refractivity contribution is -0.174. The lowest BCUT2D eigenvalue weighted by Gasteiger charge is -2.10. The maximum atomic E-state index is 11.5. The van der Waals surface area contributed by atoms with Crippen LogP contribution >= 0.6 is 0 Å². The van der Waals surface area contributed by atoms with E-state index in [1.807, 2.05) is 0 Å². The van der Waals surface area contributed by atoms with Crippen LogP contribution in [0.2, 0.25) is 0 Å². The highest BCUT2D eigenvalue weighted by Crippen LogP contribution is 2.14. The second-order valence-corrected chi connectivity index (χ2v) is 2.10. The van der Waals surface area contributed by atoms with E-state index in [-0.39, 0.29) is 6.61 Å². The Morgan fingerprint density at radius 2 is 2.17 bits per heavy atom. The zero-order valence-electron chi connectivity index (χ0n) is 6.48. The lowest BCUT2D eigenvalue weighted by Crippen LogP contribution is -2.30. The summed E-state index contributed by atoms with van der Waals surface area (Å²) < 4.78 is 38.7. The molecule has 0 saturated carbocycles. The van der Waals surface area contributed by atoms with Gasteiger partial charge in [-0.2, -0.15) is 18.4 Å². The molecule has 0 aliphatic rings. The van der Waals surface area contributed by atoms with Gasteiger partial charge in [-0.1, -0.05) is 0 Å². The Morgan fingerprint density at radius 1 is 1.58 bits per heavy atom. The van der Waals surface area contributed by atoms with Crippen molar-refractivity contribution in [3.05, 3.63) is 0 Å². The van der Waals surface area contributed by atoms with E-state index in [4.69, 9.17) is 5.26 Å². The summed E-state index contributed by atoms with van der Waals surface area (Å²) in [5, 5.41) is 10.8. The topological polar surface area (TPSA) is 45.0 Å². The molecule has 0 spiro atoms. The highest BCUT2D eigenvalue weighted by Gasteiger charge is 2.27. The Bertz CT molecular complexity index is 163. The minimum absolute atomic E-state index is 0.257. The maximum absolute atomic E-state index is 11.5. The zero-order valence-corrected chi connectivity index (χ0v) is 6.48. The normalized spacial score (nSPS) is 13.9. The van der Waals surface area contributed by atoms with E-state index < -0.39 is 18.8 Å². The molecular weight excluding hydrogens is 173 g/mol. The highest BCUT2D eigenvalue weighted by molar-refractivity contribution is 4.88. The standard InChI is InChI=1S/C6H9F3N2O/c1-11-5(2-10)3-12-4-6(7,8)9/h5,11H,3-4H2,1H3. The number of hydrogen-bond acceptors (Lipinski definition) is 3. The van der Waals surface area contributed by atoms with Crippen LogP contribution in [-0.4, -0.2) is 32.5 Å². The van der Waals surface area contributed by atoms with Crippen molar-refractivity contribution in [1.29, 1.82) is 5.26 Å². The second-order valence-electron chi connectivity index (χ2n) is 2.10. The van der Waals surface area contributed by atoms with Crippen molar-refractivity contribution in [1.82, 2.24) is 5.32 Å². The molecule has 70 valence electrons. The van der Waals surface area contributed by atoms with Gasteiger partial charge in [-0.15, -0.1) is 0 Å². The van der Waals surface area contributed by atoms with E-state index in [2.05, 4.69) is 10.1 Å². The summed E-state index contributed by atoms with van der Waals surface area (Å²) >= 11 is 0. The molecule has 0 aromatic carbocycles. The van der Waals surface area contributed by atoms with Gasteiger partial charge in [0.25, 0.3) is 0 Å². The Balaban J connectivity index is 3.50. The summed E-state index contributed by atoms with van der Waals surface area (Å²) in [5.41, 5.74) is 0. The first-order valence-electron chi connectivity index (χ1n) is 3.21. The van der Waals surface area contributed by atoms with Gasteiger partial charge < -0.3 is 10.1 Å². The fraction of sp³-hybridized carbons (Fsp3) is 0.833.